The molecule has 6 heteroatoms. The summed E-state index contributed by atoms with van der Waals surface area (Å²) < 4.78 is 14.4. The lowest BCUT2D eigenvalue weighted by molar-refractivity contribution is 0.123. The normalized spacial score (nSPS) is 9.80. The number of hydrogen-bond donors (Lipinski definition) is 1. The molecule has 5 nitrogen and oxygen atoms in total. The van der Waals surface area contributed by atoms with Crippen LogP contribution in [0.4, 0.5) is 4.79 Å². The van der Waals surface area contributed by atoms with Crippen LogP contribution in [0, 0.1) is 6.92 Å². The van der Waals surface area contributed by atoms with Gasteiger partial charge in [-0.25, -0.2) is 4.79 Å². The van der Waals surface area contributed by atoms with Crippen molar-refractivity contribution in [3.05, 3.63) is 11.6 Å². The van der Waals surface area contributed by atoms with Crippen molar-refractivity contribution in [2.24, 2.45) is 0 Å². The van der Waals surface area contributed by atoms with Gasteiger partial charge >= 0.3 is 6.16 Å². The van der Waals surface area contributed by atoms with Gasteiger partial charge < -0.3 is 19.3 Å². The second-order valence-corrected chi connectivity index (χ2v) is 3.64. The van der Waals surface area contributed by atoms with Gasteiger partial charge in [-0.1, -0.05) is 11.3 Å². The summed E-state index contributed by atoms with van der Waals surface area (Å²) in [6, 6.07) is 1.67. The molecule has 0 aliphatic heterocycles. The molecule has 0 fully saturated rings. The maximum atomic E-state index is 10.8. The van der Waals surface area contributed by atoms with E-state index in [4.69, 9.17) is 14.6 Å². The highest BCUT2D eigenvalue weighted by atomic mass is 32.1. The summed E-state index contributed by atoms with van der Waals surface area (Å²) in [5.41, 5.74) is 0.854. The van der Waals surface area contributed by atoms with Crippen molar-refractivity contribution in [1.82, 2.24) is 0 Å². The standard InChI is InChI=1S/C9H12O5S/c1-6-5-7(14-9(11)12-2)15-8(6)13-4-3-10/h5,10H,3-4H2,1-2H3. The first kappa shape index (κ1) is 11.8. The van der Waals surface area contributed by atoms with Gasteiger partial charge in [-0.3, -0.25) is 0 Å². The minimum Gasteiger partial charge on any atom is -0.481 e. The third-order valence-corrected chi connectivity index (χ3v) is 2.55. The fourth-order valence-electron chi connectivity index (χ4n) is 0.893. The minimum absolute atomic E-state index is 0.0511. The Kier molecular flexibility index (Phi) is 4.38. The van der Waals surface area contributed by atoms with Crippen molar-refractivity contribution in [2.45, 2.75) is 6.92 Å². The zero-order valence-electron chi connectivity index (χ0n) is 8.48. The first-order valence-electron chi connectivity index (χ1n) is 4.27. The van der Waals surface area contributed by atoms with Crippen molar-refractivity contribution >= 4 is 17.5 Å². The van der Waals surface area contributed by atoms with Crippen LogP contribution >= 0.6 is 11.3 Å². The van der Waals surface area contributed by atoms with Gasteiger partial charge in [0.15, 0.2) is 10.1 Å². The number of aliphatic hydroxyl groups excluding tert-OH is 1. The summed E-state index contributed by atoms with van der Waals surface area (Å²) in [7, 11) is 1.24. The van der Waals surface area contributed by atoms with E-state index < -0.39 is 6.16 Å². The van der Waals surface area contributed by atoms with Crippen LogP contribution in [0.1, 0.15) is 5.56 Å². The molecule has 84 valence electrons. The first-order valence-corrected chi connectivity index (χ1v) is 5.09. The van der Waals surface area contributed by atoms with E-state index in [1.807, 2.05) is 6.92 Å². The molecular weight excluding hydrogens is 220 g/mol. The summed E-state index contributed by atoms with van der Waals surface area (Å²) >= 11 is 1.19. The molecule has 0 aromatic carbocycles. The van der Waals surface area contributed by atoms with Crippen LogP contribution in [-0.2, 0) is 4.74 Å². The number of hydrogen-bond acceptors (Lipinski definition) is 6. The smallest absolute Gasteiger partial charge is 0.481 e. The van der Waals surface area contributed by atoms with Gasteiger partial charge in [-0.15, -0.1) is 0 Å². The first-order chi connectivity index (χ1) is 7.17. The molecule has 1 rings (SSSR count). The average Bonchev–Trinajstić information content (AvgIpc) is 2.55. The van der Waals surface area contributed by atoms with E-state index >= 15 is 0 Å². The Morgan fingerprint density at radius 3 is 2.93 bits per heavy atom. The Hall–Kier alpha value is -1.27. The lowest BCUT2D eigenvalue weighted by atomic mass is 10.4. The SMILES string of the molecule is COC(=O)Oc1cc(C)c(OCCO)s1. The van der Waals surface area contributed by atoms with E-state index in [1.54, 1.807) is 6.07 Å². The van der Waals surface area contributed by atoms with Crippen LogP contribution in [0.2, 0.25) is 0 Å². The van der Waals surface area contributed by atoms with E-state index in [9.17, 15) is 4.79 Å². The molecule has 0 bridgehead atoms. The number of thiophene rings is 1. The number of carbonyl (C=O) groups excluding carboxylic acids is 1. The van der Waals surface area contributed by atoms with Crippen molar-refractivity contribution in [1.29, 1.82) is 0 Å². The predicted octanol–water partition coefficient (Wildman–Crippen LogP) is 1.57. The molecular formula is C9H12O5S. The number of carbonyl (C=O) groups is 1. The Balaban J connectivity index is 2.63. The van der Waals surface area contributed by atoms with E-state index in [0.29, 0.717) is 10.1 Å². The molecule has 0 saturated heterocycles. The third kappa shape index (κ3) is 3.41. The predicted molar refractivity (Wildman–Crippen MR) is 54.7 cm³/mol. The third-order valence-electron chi connectivity index (χ3n) is 1.52. The number of rotatable bonds is 4. The molecule has 0 saturated carbocycles. The Bertz CT molecular complexity index is 333. The highest BCUT2D eigenvalue weighted by Gasteiger charge is 2.11. The van der Waals surface area contributed by atoms with Crippen LogP contribution in [-0.4, -0.2) is 31.6 Å². The quantitative estimate of drug-likeness (QED) is 0.798. The van der Waals surface area contributed by atoms with Gasteiger partial charge in [-0.2, -0.15) is 0 Å². The highest BCUT2D eigenvalue weighted by Crippen LogP contribution is 2.35. The summed E-state index contributed by atoms with van der Waals surface area (Å²) in [4.78, 5) is 10.8. The Morgan fingerprint density at radius 2 is 2.33 bits per heavy atom. The molecule has 1 aromatic rings. The molecule has 15 heavy (non-hydrogen) atoms. The number of ether oxygens (including phenoxy) is 3. The molecule has 1 N–H and O–H groups in total. The van der Waals surface area contributed by atoms with Gasteiger partial charge in [0.1, 0.15) is 6.61 Å². The topological polar surface area (TPSA) is 65.0 Å². The number of methoxy groups -OCH3 is 1. The summed E-state index contributed by atoms with van der Waals surface area (Å²) in [6.45, 7) is 2.00. The largest absolute Gasteiger partial charge is 0.514 e. The lowest BCUT2D eigenvalue weighted by Crippen LogP contribution is -2.05. The fraction of sp³-hybridized carbons (Fsp3) is 0.444. The van der Waals surface area contributed by atoms with Crippen LogP contribution < -0.4 is 9.47 Å². The zero-order chi connectivity index (χ0) is 11.3. The fourth-order valence-corrected chi connectivity index (χ4v) is 1.78. The second kappa shape index (κ2) is 5.57. The van der Waals surface area contributed by atoms with Crippen LogP contribution in [0.5, 0.6) is 10.1 Å². The molecule has 1 heterocycles. The van der Waals surface area contributed by atoms with E-state index in [2.05, 4.69) is 4.74 Å². The molecule has 0 radical (unpaired) electrons. The van der Waals surface area contributed by atoms with Gasteiger partial charge in [0.2, 0.25) is 0 Å². The van der Waals surface area contributed by atoms with Crippen LogP contribution in [0.3, 0.4) is 0 Å². The molecule has 0 amide bonds. The molecule has 1 aromatic heterocycles. The summed E-state index contributed by atoms with van der Waals surface area (Å²) in [6.07, 6.45) is -0.759. The van der Waals surface area contributed by atoms with E-state index in [-0.39, 0.29) is 13.2 Å². The molecule has 0 atom stereocenters. The average molecular weight is 232 g/mol. The minimum atomic E-state index is -0.759. The van der Waals surface area contributed by atoms with Crippen LogP contribution in [0.25, 0.3) is 0 Å². The number of aryl methyl sites for hydroxylation is 1. The highest BCUT2D eigenvalue weighted by molar-refractivity contribution is 7.15. The summed E-state index contributed by atoms with van der Waals surface area (Å²) in [5.74, 6) is 0. The number of aliphatic hydroxyl groups is 1. The Morgan fingerprint density at radius 1 is 1.60 bits per heavy atom. The second-order valence-electron chi connectivity index (χ2n) is 2.66. The van der Waals surface area contributed by atoms with Crippen LogP contribution in [0.15, 0.2) is 6.07 Å². The zero-order valence-corrected chi connectivity index (χ0v) is 9.30. The lowest BCUT2D eigenvalue weighted by Gasteiger charge is -2.00. The molecule has 0 aliphatic carbocycles. The van der Waals surface area contributed by atoms with Crippen molar-refractivity contribution in [3.8, 4) is 10.1 Å². The molecule has 0 spiro atoms. The van der Waals surface area contributed by atoms with Crippen molar-refractivity contribution in [2.75, 3.05) is 20.3 Å². The van der Waals surface area contributed by atoms with Gasteiger partial charge in [0, 0.05) is 5.56 Å². The van der Waals surface area contributed by atoms with Crippen molar-refractivity contribution < 1.29 is 24.1 Å². The van der Waals surface area contributed by atoms with Gasteiger partial charge in [0.25, 0.3) is 0 Å². The molecule has 0 aliphatic rings. The maximum absolute atomic E-state index is 10.8. The van der Waals surface area contributed by atoms with E-state index in [1.165, 1.54) is 18.4 Å². The van der Waals surface area contributed by atoms with E-state index in [0.717, 1.165) is 5.56 Å². The summed E-state index contributed by atoms with van der Waals surface area (Å²) in [5, 5.41) is 9.62. The molecule has 0 unspecified atom stereocenters. The van der Waals surface area contributed by atoms with Gasteiger partial charge in [-0.05, 0) is 13.0 Å². The van der Waals surface area contributed by atoms with Crippen molar-refractivity contribution in [3.63, 3.8) is 0 Å². The maximum Gasteiger partial charge on any atom is 0.514 e. The van der Waals surface area contributed by atoms with Gasteiger partial charge in [0.05, 0.1) is 13.7 Å². The monoisotopic (exact) mass is 232 g/mol. The Labute approximate surface area is 91.2 Å².